The molecule has 2 aromatic rings. The highest BCUT2D eigenvalue weighted by molar-refractivity contribution is 7.89. The van der Waals surface area contributed by atoms with Gasteiger partial charge in [-0.15, -0.1) is 0 Å². The third kappa shape index (κ3) is 4.56. The monoisotopic (exact) mass is 359 g/mol. The molecule has 2 aromatic carbocycles. The summed E-state index contributed by atoms with van der Waals surface area (Å²) in [6.07, 6.45) is -4.48. The van der Waals surface area contributed by atoms with Gasteiger partial charge in [-0.2, -0.15) is 13.2 Å². The van der Waals surface area contributed by atoms with Gasteiger partial charge in [0.25, 0.3) is 0 Å². The number of hydrogen-bond donors (Lipinski definition) is 1. The first-order chi connectivity index (χ1) is 11.1. The van der Waals surface area contributed by atoms with E-state index in [1.165, 1.54) is 24.3 Å². The van der Waals surface area contributed by atoms with Crippen molar-refractivity contribution in [2.75, 3.05) is 0 Å². The average molecular weight is 359 g/mol. The van der Waals surface area contributed by atoms with Crippen LogP contribution in [0.2, 0.25) is 0 Å². The summed E-state index contributed by atoms with van der Waals surface area (Å²) in [5.41, 5.74) is -0.609. The van der Waals surface area contributed by atoms with E-state index < -0.39 is 27.7 Å². The fourth-order valence-electron chi connectivity index (χ4n) is 1.85. The van der Waals surface area contributed by atoms with Gasteiger partial charge < -0.3 is 4.74 Å². The van der Waals surface area contributed by atoms with Crippen LogP contribution in [0, 0.1) is 0 Å². The largest absolute Gasteiger partial charge is 0.457 e. The lowest BCUT2D eigenvalue weighted by molar-refractivity contribution is -0.137. The first-order valence-electron chi connectivity index (χ1n) is 6.53. The number of benzene rings is 2. The summed E-state index contributed by atoms with van der Waals surface area (Å²) in [5, 5.41) is 4.93. The van der Waals surface area contributed by atoms with Crippen molar-refractivity contribution in [1.82, 2.24) is 0 Å². The number of esters is 1. The first-order valence-corrected chi connectivity index (χ1v) is 8.08. The Hall–Kier alpha value is -2.39. The van der Waals surface area contributed by atoms with Crippen LogP contribution in [0.5, 0.6) is 0 Å². The predicted molar refractivity (Wildman–Crippen MR) is 78.4 cm³/mol. The van der Waals surface area contributed by atoms with Crippen LogP contribution in [-0.2, 0) is 27.5 Å². The van der Waals surface area contributed by atoms with Crippen molar-refractivity contribution < 1.29 is 31.1 Å². The molecule has 0 fully saturated rings. The van der Waals surface area contributed by atoms with Gasteiger partial charge in [0, 0.05) is 0 Å². The van der Waals surface area contributed by atoms with Crippen LogP contribution < -0.4 is 5.14 Å². The summed E-state index contributed by atoms with van der Waals surface area (Å²) >= 11 is 0. The molecule has 0 bridgehead atoms. The Morgan fingerprint density at radius 1 is 1.08 bits per heavy atom. The minimum Gasteiger partial charge on any atom is -0.457 e. The van der Waals surface area contributed by atoms with Crippen LogP contribution in [0.4, 0.5) is 13.2 Å². The van der Waals surface area contributed by atoms with Gasteiger partial charge in [0.2, 0.25) is 10.0 Å². The first kappa shape index (κ1) is 18.0. The molecule has 2 rings (SSSR count). The van der Waals surface area contributed by atoms with Crippen molar-refractivity contribution in [3.8, 4) is 0 Å². The number of primary sulfonamides is 1. The van der Waals surface area contributed by atoms with Gasteiger partial charge in [-0.1, -0.05) is 12.1 Å². The lowest BCUT2D eigenvalue weighted by atomic mass is 10.1. The van der Waals surface area contributed by atoms with Gasteiger partial charge in [-0.25, -0.2) is 18.4 Å². The molecule has 9 heteroatoms. The Bertz CT molecular complexity index is 846. The quantitative estimate of drug-likeness (QED) is 0.851. The van der Waals surface area contributed by atoms with Crippen LogP contribution in [0.15, 0.2) is 53.4 Å². The van der Waals surface area contributed by atoms with Crippen molar-refractivity contribution in [2.45, 2.75) is 17.7 Å². The number of carbonyl (C=O) groups excluding carboxylic acids is 1. The molecule has 2 N–H and O–H groups in total. The molecule has 5 nitrogen and oxygen atoms in total. The minimum absolute atomic E-state index is 0.0503. The maximum absolute atomic E-state index is 12.6. The van der Waals surface area contributed by atoms with Crippen molar-refractivity contribution in [1.29, 1.82) is 0 Å². The SMILES string of the molecule is NS(=O)(=O)c1ccc(C(=O)OCc2cccc(C(F)(F)F)c2)cc1. The molecular formula is C15H12F3NO4S. The van der Waals surface area contributed by atoms with Gasteiger partial charge in [-0.3, -0.25) is 0 Å². The fourth-order valence-corrected chi connectivity index (χ4v) is 2.37. The number of halogens is 3. The Morgan fingerprint density at radius 2 is 1.71 bits per heavy atom. The molecule has 0 spiro atoms. The standard InChI is InChI=1S/C15H12F3NO4S/c16-15(17,18)12-3-1-2-10(8-12)9-23-14(20)11-4-6-13(7-5-11)24(19,21)22/h1-8H,9H2,(H2,19,21,22). The topological polar surface area (TPSA) is 86.5 Å². The van der Waals surface area contributed by atoms with E-state index in [1.54, 1.807) is 0 Å². The third-order valence-electron chi connectivity index (χ3n) is 3.04. The summed E-state index contributed by atoms with van der Waals surface area (Å²) in [4.78, 5) is 11.7. The Balaban J connectivity index is 2.06. The van der Waals surface area contributed by atoms with Crippen LogP contribution >= 0.6 is 0 Å². The molecule has 24 heavy (non-hydrogen) atoms. The molecule has 0 amide bonds. The van der Waals surface area contributed by atoms with Crippen LogP contribution in [0.3, 0.4) is 0 Å². The average Bonchev–Trinajstić information content (AvgIpc) is 2.51. The molecule has 0 aliphatic carbocycles. The molecule has 0 unspecified atom stereocenters. The van der Waals surface area contributed by atoms with E-state index in [0.29, 0.717) is 0 Å². The second-order valence-electron chi connectivity index (χ2n) is 4.84. The third-order valence-corrected chi connectivity index (χ3v) is 3.97. The van der Waals surface area contributed by atoms with E-state index in [1.807, 2.05) is 0 Å². The number of alkyl halides is 3. The van der Waals surface area contributed by atoms with Gasteiger partial charge in [0.05, 0.1) is 16.0 Å². The molecule has 0 aliphatic rings. The van der Waals surface area contributed by atoms with Crippen molar-refractivity contribution >= 4 is 16.0 Å². The number of ether oxygens (including phenoxy) is 1. The highest BCUT2D eigenvalue weighted by Gasteiger charge is 2.30. The zero-order chi connectivity index (χ0) is 18.0. The zero-order valence-corrected chi connectivity index (χ0v) is 12.9. The van der Waals surface area contributed by atoms with Gasteiger partial charge in [0.1, 0.15) is 6.61 Å². The van der Waals surface area contributed by atoms with E-state index in [0.717, 1.165) is 24.3 Å². The van der Waals surface area contributed by atoms with Gasteiger partial charge in [0.15, 0.2) is 0 Å². The summed E-state index contributed by atoms with van der Waals surface area (Å²) < 4.78 is 64.9. The number of rotatable bonds is 4. The highest BCUT2D eigenvalue weighted by atomic mass is 32.2. The van der Waals surface area contributed by atoms with E-state index >= 15 is 0 Å². The molecule has 0 heterocycles. The Morgan fingerprint density at radius 3 is 2.25 bits per heavy atom. The second kappa shape index (κ2) is 6.62. The smallest absolute Gasteiger partial charge is 0.416 e. The number of sulfonamides is 1. The summed E-state index contributed by atoms with van der Waals surface area (Å²) in [5.74, 6) is -0.798. The molecule has 0 saturated heterocycles. The lowest BCUT2D eigenvalue weighted by Gasteiger charge is -2.09. The fraction of sp³-hybridized carbons (Fsp3) is 0.133. The van der Waals surface area contributed by atoms with Crippen molar-refractivity contribution in [3.05, 3.63) is 65.2 Å². The molecule has 0 saturated carbocycles. The highest BCUT2D eigenvalue weighted by Crippen LogP contribution is 2.29. The van der Waals surface area contributed by atoms with Gasteiger partial charge >= 0.3 is 12.1 Å². The van der Waals surface area contributed by atoms with Crippen molar-refractivity contribution in [2.24, 2.45) is 5.14 Å². The van der Waals surface area contributed by atoms with Crippen molar-refractivity contribution in [3.63, 3.8) is 0 Å². The Kier molecular flexibility index (Phi) is 4.95. The van der Waals surface area contributed by atoms with E-state index in [9.17, 15) is 26.4 Å². The molecule has 128 valence electrons. The molecule has 0 aromatic heterocycles. The minimum atomic E-state index is -4.48. The normalized spacial score (nSPS) is 12.0. The number of carbonyl (C=O) groups is 1. The van der Waals surface area contributed by atoms with E-state index in [2.05, 4.69) is 0 Å². The second-order valence-corrected chi connectivity index (χ2v) is 6.41. The molecule has 0 aliphatic heterocycles. The summed E-state index contributed by atoms with van der Waals surface area (Å²) in [7, 11) is -3.88. The van der Waals surface area contributed by atoms with Crippen LogP contribution in [-0.4, -0.2) is 14.4 Å². The van der Waals surface area contributed by atoms with Gasteiger partial charge in [-0.05, 0) is 42.0 Å². The molecule has 0 radical (unpaired) electrons. The van der Waals surface area contributed by atoms with E-state index in [4.69, 9.17) is 9.88 Å². The number of nitrogens with two attached hydrogens (primary N) is 1. The Labute approximate surface area is 135 Å². The maximum atomic E-state index is 12.6. The van der Waals surface area contributed by atoms with Crippen LogP contribution in [0.25, 0.3) is 0 Å². The predicted octanol–water partition coefficient (Wildman–Crippen LogP) is 2.71. The zero-order valence-electron chi connectivity index (χ0n) is 12.1. The number of hydrogen-bond acceptors (Lipinski definition) is 4. The molecule has 0 atom stereocenters. The summed E-state index contributed by atoms with van der Waals surface area (Å²) in [6, 6.07) is 9.09. The molecular weight excluding hydrogens is 347 g/mol. The van der Waals surface area contributed by atoms with E-state index in [-0.39, 0.29) is 22.6 Å². The maximum Gasteiger partial charge on any atom is 0.416 e. The van der Waals surface area contributed by atoms with Crippen LogP contribution in [0.1, 0.15) is 21.5 Å². The lowest BCUT2D eigenvalue weighted by Crippen LogP contribution is -2.12. The summed E-state index contributed by atoms with van der Waals surface area (Å²) in [6.45, 7) is -0.348.